The Labute approximate surface area is 123 Å². The summed E-state index contributed by atoms with van der Waals surface area (Å²) in [5, 5.41) is 3.81. The fourth-order valence-corrected chi connectivity index (χ4v) is 0.961. The van der Waals surface area contributed by atoms with E-state index in [1.807, 2.05) is 12.1 Å². The number of hydrogen-bond donors (Lipinski definition) is 0. The molecule has 1 radical (unpaired) electrons. The first-order chi connectivity index (χ1) is 5.27. The minimum absolute atomic E-state index is 0. The van der Waals surface area contributed by atoms with Crippen molar-refractivity contribution in [3.05, 3.63) is 44.0 Å². The van der Waals surface area contributed by atoms with E-state index in [1.54, 1.807) is 10.7 Å². The molecule has 14 heavy (non-hydrogen) atoms. The molecule has 2 heterocycles. The molecule has 0 saturated heterocycles. The van der Waals surface area contributed by atoms with Crippen LogP contribution in [-0.4, -0.2) is 14.6 Å². The molecule has 0 fully saturated rings. The van der Waals surface area contributed by atoms with Crippen LogP contribution in [0.25, 0.3) is 11.4 Å². The second-order valence-corrected chi connectivity index (χ2v) is 2.24. The van der Waals surface area contributed by atoms with Gasteiger partial charge in [0.05, 0.1) is 0 Å². The average molecular weight is 434 g/mol. The van der Waals surface area contributed by atoms with Crippen LogP contribution in [0.15, 0.2) is 18.3 Å². The SMILES string of the molecule is [CH2-]c1cccn2nc([NH-])nc12.[CH3-].[W].[Y]. The molecule has 2 rings (SSSR count). The first-order valence-electron chi connectivity index (χ1n) is 3.16. The van der Waals surface area contributed by atoms with Crippen LogP contribution in [0.3, 0.4) is 0 Å². The van der Waals surface area contributed by atoms with Crippen molar-refractivity contribution < 1.29 is 53.8 Å². The molecule has 2 aromatic rings. The van der Waals surface area contributed by atoms with Crippen LogP contribution in [0.4, 0.5) is 5.95 Å². The number of rotatable bonds is 0. The second kappa shape index (κ2) is 6.54. The Bertz CT molecular complexity index is 401. The predicted octanol–water partition coefficient (Wildman–Crippen LogP) is 2.04. The van der Waals surface area contributed by atoms with E-state index in [4.69, 9.17) is 5.73 Å². The topological polar surface area (TPSA) is 54.0 Å². The summed E-state index contributed by atoms with van der Waals surface area (Å²) in [6.07, 6.45) is 1.75. The van der Waals surface area contributed by atoms with Crippen molar-refractivity contribution in [2.24, 2.45) is 0 Å². The van der Waals surface area contributed by atoms with Crippen LogP contribution < -0.4 is 0 Å². The number of hydrogen-bond acceptors (Lipinski definition) is 2. The molecule has 1 N–H and O–H groups in total. The summed E-state index contributed by atoms with van der Waals surface area (Å²) in [6.45, 7) is 3.76. The molecule has 0 unspecified atom stereocenters. The molecular formula is C8H9N4WY-3. The van der Waals surface area contributed by atoms with Crippen LogP contribution >= 0.6 is 0 Å². The van der Waals surface area contributed by atoms with E-state index in [9.17, 15) is 0 Å². The van der Waals surface area contributed by atoms with Crippen molar-refractivity contribution in [1.29, 1.82) is 0 Å². The third-order valence-corrected chi connectivity index (χ3v) is 1.44. The fraction of sp³-hybridized carbons (Fsp3) is 0. The molecule has 0 aliphatic rings. The summed E-state index contributed by atoms with van der Waals surface area (Å²) in [6, 6.07) is 3.66. The number of fused-ring (bicyclic) bond motifs is 1. The molecular weight excluding hydrogens is 425 g/mol. The van der Waals surface area contributed by atoms with Gasteiger partial charge in [-0.1, -0.05) is 0 Å². The Morgan fingerprint density at radius 1 is 1.43 bits per heavy atom. The van der Waals surface area contributed by atoms with Gasteiger partial charge in [-0.15, -0.1) is 6.07 Å². The van der Waals surface area contributed by atoms with E-state index in [1.165, 1.54) is 0 Å². The molecule has 0 saturated carbocycles. The minimum atomic E-state index is 0. The quantitative estimate of drug-likeness (QED) is 0.597. The van der Waals surface area contributed by atoms with Crippen LogP contribution in [0.2, 0.25) is 0 Å². The van der Waals surface area contributed by atoms with E-state index in [0.717, 1.165) is 5.56 Å². The summed E-state index contributed by atoms with van der Waals surface area (Å²) >= 11 is 0. The van der Waals surface area contributed by atoms with Gasteiger partial charge in [0, 0.05) is 59.7 Å². The summed E-state index contributed by atoms with van der Waals surface area (Å²) < 4.78 is 1.55. The number of nitrogens with zero attached hydrogens (tertiary/aromatic N) is 3. The molecule has 0 aromatic carbocycles. The molecule has 0 amide bonds. The Balaban J connectivity index is 0. The van der Waals surface area contributed by atoms with Crippen molar-refractivity contribution in [1.82, 2.24) is 14.6 Å². The van der Waals surface area contributed by atoms with Crippen LogP contribution in [0, 0.1) is 14.4 Å². The van der Waals surface area contributed by atoms with Gasteiger partial charge in [-0.25, -0.2) is 0 Å². The summed E-state index contributed by atoms with van der Waals surface area (Å²) in [5.41, 5.74) is 8.59. The third kappa shape index (κ3) is 3.04. The van der Waals surface area contributed by atoms with Gasteiger partial charge >= 0.3 is 0 Å². The van der Waals surface area contributed by atoms with Gasteiger partial charge in [0.1, 0.15) is 0 Å². The van der Waals surface area contributed by atoms with Gasteiger partial charge in [0.15, 0.2) is 0 Å². The van der Waals surface area contributed by atoms with Crippen LogP contribution in [-0.2, 0) is 53.8 Å². The van der Waals surface area contributed by atoms with Crippen LogP contribution in [0.1, 0.15) is 5.56 Å². The van der Waals surface area contributed by atoms with Crippen molar-refractivity contribution in [3.63, 3.8) is 0 Å². The van der Waals surface area contributed by atoms with Crippen molar-refractivity contribution in [3.8, 4) is 0 Å². The van der Waals surface area contributed by atoms with Crippen molar-refractivity contribution >= 4 is 11.6 Å². The van der Waals surface area contributed by atoms with Gasteiger partial charge in [-0.05, 0) is 11.8 Å². The first-order valence-corrected chi connectivity index (χ1v) is 3.16. The molecule has 0 spiro atoms. The summed E-state index contributed by atoms with van der Waals surface area (Å²) in [5.74, 6) is 0.0288. The molecule has 0 aliphatic heterocycles. The number of pyridine rings is 1. The Kier molecular flexibility index (Phi) is 7.72. The zero-order valence-corrected chi connectivity index (χ0v) is 13.5. The van der Waals surface area contributed by atoms with E-state index >= 15 is 0 Å². The molecule has 73 valence electrons. The number of aromatic nitrogens is 3. The molecule has 4 nitrogen and oxygen atoms in total. The molecule has 2 aromatic heterocycles. The van der Waals surface area contributed by atoms with E-state index in [0.29, 0.717) is 5.65 Å². The predicted molar refractivity (Wildman–Crippen MR) is 47.8 cm³/mol. The molecule has 0 aliphatic carbocycles. The summed E-state index contributed by atoms with van der Waals surface area (Å²) in [7, 11) is 0. The standard InChI is InChI=1S/C7H6N4.CH3.W.Y/c1-5-3-2-4-11-6(5)9-7(8)10-11;;;/h2-4H,1H2,(H-,8,10);1H3;;/q-2;-1;;. The molecule has 6 heteroatoms. The van der Waals surface area contributed by atoms with Gasteiger partial charge in [-0.3, -0.25) is 0 Å². The Hall–Kier alpha value is 0.0822. The van der Waals surface area contributed by atoms with Gasteiger partial charge < -0.3 is 27.8 Å². The Morgan fingerprint density at radius 3 is 2.64 bits per heavy atom. The van der Waals surface area contributed by atoms with Gasteiger partial charge in [0.2, 0.25) is 0 Å². The van der Waals surface area contributed by atoms with E-state index in [-0.39, 0.29) is 67.1 Å². The zero-order chi connectivity index (χ0) is 7.84. The monoisotopic (exact) mass is 434 g/mol. The largest absolute Gasteiger partial charge is 0.410 e. The average Bonchev–Trinajstić information content (AvgIpc) is 2.31. The maximum atomic E-state index is 7.15. The van der Waals surface area contributed by atoms with Gasteiger partial charge in [-0.2, -0.15) is 18.6 Å². The zero-order valence-electron chi connectivity index (χ0n) is 7.77. The maximum absolute atomic E-state index is 7.15. The normalized spacial score (nSPS) is 8.29. The third-order valence-electron chi connectivity index (χ3n) is 1.44. The maximum Gasteiger partial charge on any atom is 0.0255 e. The van der Waals surface area contributed by atoms with Crippen molar-refractivity contribution in [2.45, 2.75) is 0 Å². The van der Waals surface area contributed by atoms with Crippen LogP contribution in [0.5, 0.6) is 0 Å². The number of nitrogens with one attached hydrogen (secondary N) is 1. The van der Waals surface area contributed by atoms with E-state index in [2.05, 4.69) is 17.0 Å². The Morgan fingerprint density at radius 2 is 2.07 bits per heavy atom. The fourth-order valence-electron chi connectivity index (χ4n) is 0.961. The second-order valence-electron chi connectivity index (χ2n) is 2.24. The molecule has 0 bridgehead atoms. The van der Waals surface area contributed by atoms with E-state index < -0.39 is 0 Å². The van der Waals surface area contributed by atoms with Crippen molar-refractivity contribution in [2.75, 3.05) is 0 Å². The first kappa shape index (κ1) is 16.5. The minimum Gasteiger partial charge on any atom is -0.410 e. The smallest absolute Gasteiger partial charge is 0.0255 e. The molecule has 0 atom stereocenters. The van der Waals surface area contributed by atoms with Gasteiger partial charge in [0.25, 0.3) is 0 Å². The summed E-state index contributed by atoms with van der Waals surface area (Å²) in [4.78, 5) is 3.87.